The van der Waals surface area contributed by atoms with Gasteiger partial charge in [0.25, 0.3) is 0 Å². The van der Waals surface area contributed by atoms with Gasteiger partial charge in [-0.2, -0.15) is 4.98 Å². The number of carboxylic acids is 1. The molecule has 3 rings (SSSR count). The average molecular weight is 349 g/mol. The van der Waals surface area contributed by atoms with Crippen molar-refractivity contribution in [3.63, 3.8) is 0 Å². The van der Waals surface area contributed by atoms with Gasteiger partial charge in [-0.05, 0) is 25.7 Å². The van der Waals surface area contributed by atoms with E-state index in [2.05, 4.69) is 10.1 Å². The van der Waals surface area contributed by atoms with Crippen LogP contribution in [0.3, 0.4) is 0 Å². The summed E-state index contributed by atoms with van der Waals surface area (Å²) in [5.41, 5.74) is 0. The smallest absolute Gasteiger partial charge is 0.307 e. The third-order valence-electron chi connectivity index (χ3n) is 5.46. The molecule has 1 saturated heterocycles. The van der Waals surface area contributed by atoms with Gasteiger partial charge in [-0.25, -0.2) is 0 Å². The monoisotopic (exact) mass is 349 g/mol. The number of carboxylic acid groups (broad SMARTS) is 1. The summed E-state index contributed by atoms with van der Waals surface area (Å²) in [6.07, 6.45) is 4.89. The van der Waals surface area contributed by atoms with Crippen LogP contribution in [0.25, 0.3) is 0 Å². The van der Waals surface area contributed by atoms with Gasteiger partial charge in [0.15, 0.2) is 5.82 Å². The first-order chi connectivity index (χ1) is 12.0. The van der Waals surface area contributed by atoms with E-state index in [9.17, 15) is 14.7 Å². The number of aromatic nitrogens is 2. The van der Waals surface area contributed by atoms with Crippen molar-refractivity contribution in [2.75, 3.05) is 13.1 Å². The van der Waals surface area contributed by atoms with E-state index in [1.54, 1.807) is 0 Å². The zero-order valence-electron chi connectivity index (χ0n) is 15.0. The fraction of sp³-hybridized carbons (Fsp3) is 0.778. The molecule has 1 aliphatic heterocycles. The molecule has 1 aromatic rings. The molecule has 0 bridgehead atoms. The van der Waals surface area contributed by atoms with Crippen LogP contribution in [0.2, 0.25) is 0 Å². The molecule has 7 heteroatoms. The number of hydrogen-bond acceptors (Lipinski definition) is 5. The van der Waals surface area contributed by atoms with Crippen molar-refractivity contribution in [2.45, 2.75) is 64.2 Å². The number of nitrogens with zero attached hydrogens (tertiary/aromatic N) is 3. The molecule has 2 fully saturated rings. The number of piperidine rings is 1. The van der Waals surface area contributed by atoms with Gasteiger partial charge in [-0.15, -0.1) is 0 Å². The molecule has 1 amide bonds. The maximum absolute atomic E-state index is 13.0. The minimum Gasteiger partial charge on any atom is -0.481 e. The van der Waals surface area contributed by atoms with Crippen LogP contribution in [-0.2, 0) is 9.59 Å². The predicted octanol–water partition coefficient (Wildman–Crippen LogP) is 2.79. The second-order valence-electron chi connectivity index (χ2n) is 7.60. The second-order valence-corrected chi connectivity index (χ2v) is 7.60. The number of amides is 1. The van der Waals surface area contributed by atoms with E-state index in [1.807, 2.05) is 18.7 Å². The molecule has 0 spiro atoms. The Morgan fingerprint density at radius 2 is 1.88 bits per heavy atom. The molecule has 25 heavy (non-hydrogen) atoms. The summed E-state index contributed by atoms with van der Waals surface area (Å²) in [6.45, 7) is 5.26. The van der Waals surface area contributed by atoms with E-state index in [0.29, 0.717) is 37.6 Å². The molecule has 3 atom stereocenters. The lowest BCUT2D eigenvalue weighted by Crippen LogP contribution is -2.46. The van der Waals surface area contributed by atoms with Gasteiger partial charge in [0, 0.05) is 19.0 Å². The second kappa shape index (κ2) is 7.54. The summed E-state index contributed by atoms with van der Waals surface area (Å²) in [7, 11) is 0. The lowest BCUT2D eigenvalue weighted by Gasteiger charge is -2.36. The largest absolute Gasteiger partial charge is 0.481 e. The highest BCUT2D eigenvalue weighted by Gasteiger charge is 2.39. The summed E-state index contributed by atoms with van der Waals surface area (Å²) < 4.78 is 5.41. The molecule has 0 unspecified atom stereocenters. The van der Waals surface area contributed by atoms with Gasteiger partial charge in [0.05, 0.1) is 17.8 Å². The van der Waals surface area contributed by atoms with Crippen LogP contribution < -0.4 is 0 Å². The van der Waals surface area contributed by atoms with Crippen molar-refractivity contribution in [1.82, 2.24) is 15.0 Å². The quantitative estimate of drug-likeness (QED) is 0.898. The molecular weight excluding hydrogens is 322 g/mol. The van der Waals surface area contributed by atoms with Gasteiger partial charge >= 0.3 is 5.97 Å². The molecule has 138 valence electrons. The fourth-order valence-electron chi connectivity index (χ4n) is 3.98. The lowest BCUT2D eigenvalue weighted by molar-refractivity contribution is -0.152. The minimum atomic E-state index is -0.843. The lowest BCUT2D eigenvalue weighted by atomic mass is 9.78. The topological polar surface area (TPSA) is 96.5 Å². The van der Waals surface area contributed by atoms with Gasteiger partial charge in [0.2, 0.25) is 11.8 Å². The Hall–Kier alpha value is -1.92. The highest BCUT2D eigenvalue weighted by molar-refractivity contribution is 5.85. The summed E-state index contributed by atoms with van der Waals surface area (Å²) >= 11 is 0. The molecule has 0 radical (unpaired) electrons. The Morgan fingerprint density at radius 1 is 1.16 bits per heavy atom. The average Bonchev–Trinajstić information content (AvgIpc) is 3.11. The maximum Gasteiger partial charge on any atom is 0.307 e. The van der Waals surface area contributed by atoms with Crippen LogP contribution in [0.15, 0.2) is 4.52 Å². The van der Waals surface area contributed by atoms with Crippen molar-refractivity contribution in [1.29, 1.82) is 0 Å². The van der Waals surface area contributed by atoms with Crippen LogP contribution in [0.4, 0.5) is 0 Å². The first-order valence-corrected chi connectivity index (χ1v) is 9.32. The van der Waals surface area contributed by atoms with Gasteiger partial charge < -0.3 is 14.5 Å². The van der Waals surface area contributed by atoms with Crippen molar-refractivity contribution in [3.05, 3.63) is 11.7 Å². The summed E-state index contributed by atoms with van der Waals surface area (Å²) in [5.74, 6) is -0.250. The van der Waals surface area contributed by atoms with Crippen molar-refractivity contribution in [3.8, 4) is 0 Å². The molecule has 7 nitrogen and oxygen atoms in total. The third-order valence-corrected chi connectivity index (χ3v) is 5.46. The Morgan fingerprint density at radius 3 is 2.52 bits per heavy atom. The first kappa shape index (κ1) is 17.9. The van der Waals surface area contributed by atoms with Crippen molar-refractivity contribution in [2.24, 2.45) is 11.8 Å². The number of carbonyl (C=O) groups excluding carboxylic acids is 1. The Bertz CT molecular complexity index is 628. The molecule has 1 aromatic heterocycles. The van der Waals surface area contributed by atoms with Gasteiger partial charge in [0.1, 0.15) is 0 Å². The van der Waals surface area contributed by atoms with Gasteiger partial charge in [-0.3, -0.25) is 9.59 Å². The molecule has 0 aromatic carbocycles. The zero-order chi connectivity index (χ0) is 18.0. The summed E-state index contributed by atoms with van der Waals surface area (Å²) in [5, 5.41) is 13.5. The first-order valence-electron chi connectivity index (χ1n) is 9.32. The van der Waals surface area contributed by atoms with Crippen LogP contribution in [-0.4, -0.2) is 45.1 Å². The van der Waals surface area contributed by atoms with Crippen LogP contribution in [0.5, 0.6) is 0 Å². The van der Waals surface area contributed by atoms with Crippen LogP contribution in [0, 0.1) is 11.8 Å². The van der Waals surface area contributed by atoms with Crippen LogP contribution in [0.1, 0.15) is 75.9 Å². The number of carbonyl (C=O) groups is 2. The van der Waals surface area contributed by atoms with E-state index in [4.69, 9.17) is 4.52 Å². The maximum atomic E-state index is 13.0. The Kier molecular flexibility index (Phi) is 5.39. The number of rotatable bonds is 4. The number of aliphatic carboxylic acids is 1. The van der Waals surface area contributed by atoms with E-state index >= 15 is 0 Å². The SMILES string of the molecule is CC(C)c1noc([C@@H]2CCCN(C(=O)[C@@H]3CCCC[C@@H]3C(=O)O)C2)n1. The molecule has 1 aliphatic carbocycles. The van der Waals surface area contributed by atoms with Crippen LogP contribution >= 0.6 is 0 Å². The molecule has 1 saturated carbocycles. The third kappa shape index (κ3) is 3.85. The molecule has 2 heterocycles. The highest BCUT2D eigenvalue weighted by atomic mass is 16.5. The molecule has 2 aliphatic rings. The van der Waals surface area contributed by atoms with E-state index < -0.39 is 11.9 Å². The number of likely N-dealkylation sites (tertiary alicyclic amines) is 1. The van der Waals surface area contributed by atoms with E-state index in [-0.39, 0.29) is 23.7 Å². The zero-order valence-corrected chi connectivity index (χ0v) is 15.0. The molecular formula is C18H27N3O4. The van der Waals surface area contributed by atoms with E-state index in [0.717, 1.165) is 25.7 Å². The number of hydrogen-bond donors (Lipinski definition) is 1. The molecule has 1 N–H and O–H groups in total. The van der Waals surface area contributed by atoms with Crippen molar-refractivity contribution >= 4 is 11.9 Å². The van der Waals surface area contributed by atoms with Crippen molar-refractivity contribution < 1.29 is 19.2 Å². The predicted molar refractivity (Wildman–Crippen MR) is 90.0 cm³/mol. The standard InChI is InChI=1S/C18H27N3O4/c1-11(2)15-19-16(25-20-15)12-6-5-9-21(10-12)17(22)13-7-3-4-8-14(13)18(23)24/h11-14H,3-10H2,1-2H3,(H,23,24)/t12-,13-,14+/m1/s1. The van der Waals surface area contributed by atoms with E-state index in [1.165, 1.54) is 0 Å². The summed E-state index contributed by atoms with van der Waals surface area (Å²) in [4.78, 5) is 30.7. The highest BCUT2D eigenvalue weighted by Crippen LogP contribution is 2.34. The summed E-state index contributed by atoms with van der Waals surface area (Å²) in [6, 6.07) is 0. The minimum absolute atomic E-state index is 0.0135. The fourth-order valence-corrected chi connectivity index (χ4v) is 3.98. The normalized spacial score (nSPS) is 27.5. The van der Waals surface area contributed by atoms with Gasteiger partial charge in [-0.1, -0.05) is 31.8 Å². The Balaban J connectivity index is 1.69. The Labute approximate surface area is 147 Å².